The maximum atomic E-state index is 4.71. The minimum atomic E-state index is 0.534. The first-order valence-electron chi connectivity index (χ1n) is 8.10. The summed E-state index contributed by atoms with van der Waals surface area (Å²) < 4.78 is 0. The molecular formula is C16H28N4. The average Bonchev–Trinajstić information content (AvgIpc) is 3.29. The number of hydrogen-bond donors (Lipinski definition) is 2. The van der Waals surface area contributed by atoms with Gasteiger partial charge in [-0.1, -0.05) is 33.1 Å². The Morgan fingerprint density at radius 1 is 1.15 bits per heavy atom. The first kappa shape index (κ1) is 15.1. The summed E-state index contributed by atoms with van der Waals surface area (Å²) in [6.45, 7) is 4.49. The number of nitrogens with zero attached hydrogens (tertiary/aromatic N) is 2. The molecule has 2 N–H and O–H groups in total. The van der Waals surface area contributed by atoms with Gasteiger partial charge >= 0.3 is 0 Å². The topological polar surface area (TPSA) is 49.8 Å². The first-order valence-corrected chi connectivity index (χ1v) is 8.10. The van der Waals surface area contributed by atoms with Crippen LogP contribution in [-0.2, 0) is 0 Å². The van der Waals surface area contributed by atoms with E-state index >= 15 is 0 Å². The second-order valence-corrected chi connectivity index (χ2v) is 5.79. The van der Waals surface area contributed by atoms with Gasteiger partial charge in [0.1, 0.15) is 17.5 Å². The third kappa shape index (κ3) is 4.36. The van der Waals surface area contributed by atoms with Crippen LogP contribution in [0.2, 0.25) is 0 Å². The Morgan fingerprint density at radius 3 is 2.50 bits per heavy atom. The van der Waals surface area contributed by atoms with E-state index in [1.807, 2.05) is 13.1 Å². The summed E-state index contributed by atoms with van der Waals surface area (Å²) in [7, 11) is 1.92. The van der Waals surface area contributed by atoms with Crippen LogP contribution in [-0.4, -0.2) is 23.1 Å². The van der Waals surface area contributed by atoms with Crippen molar-refractivity contribution in [2.24, 2.45) is 0 Å². The summed E-state index contributed by atoms with van der Waals surface area (Å²) in [4.78, 5) is 9.28. The van der Waals surface area contributed by atoms with Crippen LogP contribution < -0.4 is 10.6 Å². The molecule has 0 radical (unpaired) electrons. The van der Waals surface area contributed by atoms with Crippen LogP contribution in [0, 0.1) is 0 Å². The van der Waals surface area contributed by atoms with Gasteiger partial charge in [-0.3, -0.25) is 0 Å². The summed E-state index contributed by atoms with van der Waals surface area (Å²) in [6.07, 6.45) is 8.64. The third-order valence-corrected chi connectivity index (χ3v) is 3.84. The highest BCUT2D eigenvalue weighted by Crippen LogP contribution is 2.38. The molecule has 4 nitrogen and oxygen atoms in total. The predicted octanol–water partition coefficient (Wildman–Crippen LogP) is 4.17. The Labute approximate surface area is 122 Å². The van der Waals surface area contributed by atoms with Crippen molar-refractivity contribution in [3.63, 3.8) is 0 Å². The molecule has 1 fully saturated rings. The van der Waals surface area contributed by atoms with Crippen LogP contribution in [0.5, 0.6) is 0 Å². The van der Waals surface area contributed by atoms with E-state index < -0.39 is 0 Å². The molecule has 1 aromatic heterocycles. The number of aromatic nitrogens is 2. The Balaban J connectivity index is 2.06. The van der Waals surface area contributed by atoms with Crippen molar-refractivity contribution in [2.45, 2.75) is 70.8 Å². The Kier molecular flexibility index (Phi) is 5.62. The van der Waals surface area contributed by atoms with Gasteiger partial charge in [0.25, 0.3) is 0 Å². The lowest BCUT2D eigenvalue weighted by molar-refractivity contribution is 0.562. The molecule has 0 aliphatic heterocycles. The number of hydrogen-bond acceptors (Lipinski definition) is 4. The molecule has 0 spiro atoms. The van der Waals surface area contributed by atoms with Crippen LogP contribution >= 0.6 is 0 Å². The van der Waals surface area contributed by atoms with Gasteiger partial charge in [0.15, 0.2) is 0 Å². The van der Waals surface area contributed by atoms with Crippen LogP contribution in [0.15, 0.2) is 6.07 Å². The lowest BCUT2D eigenvalue weighted by Crippen LogP contribution is -2.20. The summed E-state index contributed by atoms with van der Waals surface area (Å²) in [5, 5.41) is 6.77. The Morgan fingerprint density at radius 2 is 1.90 bits per heavy atom. The molecule has 0 amide bonds. The number of rotatable bonds is 9. The molecular weight excluding hydrogens is 248 g/mol. The van der Waals surface area contributed by atoms with E-state index in [4.69, 9.17) is 4.98 Å². The van der Waals surface area contributed by atoms with E-state index in [0.717, 1.165) is 17.5 Å². The van der Waals surface area contributed by atoms with E-state index in [0.29, 0.717) is 12.0 Å². The van der Waals surface area contributed by atoms with Crippen molar-refractivity contribution in [1.82, 2.24) is 9.97 Å². The number of nitrogens with one attached hydrogen (secondary N) is 2. The fourth-order valence-corrected chi connectivity index (χ4v) is 2.49. The zero-order valence-electron chi connectivity index (χ0n) is 13.1. The highest BCUT2D eigenvalue weighted by molar-refractivity contribution is 5.48. The molecule has 1 unspecified atom stereocenters. The van der Waals surface area contributed by atoms with Gasteiger partial charge in [-0.05, 0) is 25.7 Å². The smallest absolute Gasteiger partial charge is 0.136 e. The molecule has 1 aliphatic rings. The fraction of sp³-hybridized carbons (Fsp3) is 0.750. The largest absolute Gasteiger partial charge is 0.373 e. The first-order chi connectivity index (χ1) is 9.76. The quantitative estimate of drug-likeness (QED) is 0.711. The molecule has 20 heavy (non-hydrogen) atoms. The van der Waals surface area contributed by atoms with Crippen molar-refractivity contribution >= 4 is 11.6 Å². The molecule has 4 heteroatoms. The van der Waals surface area contributed by atoms with Crippen molar-refractivity contribution in [1.29, 1.82) is 0 Å². The van der Waals surface area contributed by atoms with E-state index in [1.165, 1.54) is 44.9 Å². The zero-order valence-corrected chi connectivity index (χ0v) is 13.1. The molecule has 0 saturated heterocycles. The summed E-state index contributed by atoms with van der Waals surface area (Å²) in [5.41, 5.74) is 0. The highest BCUT2D eigenvalue weighted by atomic mass is 15.1. The number of unbranched alkanes of at least 4 members (excludes halogenated alkanes) is 1. The van der Waals surface area contributed by atoms with Crippen LogP contribution in [0.1, 0.15) is 70.5 Å². The van der Waals surface area contributed by atoms with Gasteiger partial charge in [-0.2, -0.15) is 0 Å². The minimum Gasteiger partial charge on any atom is -0.373 e. The van der Waals surface area contributed by atoms with Gasteiger partial charge in [0.05, 0.1) is 0 Å². The lowest BCUT2D eigenvalue weighted by Gasteiger charge is -2.19. The average molecular weight is 276 g/mol. The Hall–Kier alpha value is -1.32. The normalized spacial score (nSPS) is 15.9. The molecule has 1 aliphatic carbocycles. The fourth-order valence-electron chi connectivity index (χ4n) is 2.49. The minimum absolute atomic E-state index is 0.534. The van der Waals surface area contributed by atoms with Gasteiger partial charge in [0.2, 0.25) is 0 Å². The lowest BCUT2D eigenvalue weighted by atomic mass is 10.1. The van der Waals surface area contributed by atoms with Crippen molar-refractivity contribution < 1.29 is 0 Å². The van der Waals surface area contributed by atoms with Crippen LogP contribution in [0.3, 0.4) is 0 Å². The van der Waals surface area contributed by atoms with Crippen molar-refractivity contribution in [3.8, 4) is 0 Å². The van der Waals surface area contributed by atoms with E-state index in [-0.39, 0.29) is 0 Å². The standard InChI is InChI=1S/C16H28N4/c1-4-6-8-13(7-5-2)18-15-11-14(17-3)19-16(20-15)12-9-10-12/h11-13H,4-10H2,1-3H3,(H2,17,18,19,20). The van der Waals surface area contributed by atoms with Crippen LogP contribution in [0.25, 0.3) is 0 Å². The molecule has 1 aromatic rings. The van der Waals surface area contributed by atoms with E-state index in [2.05, 4.69) is 29.5 Å². The van der Waals surface area contributed by atoms with Crippen molar-refractivity contribution in [3.05, 3.63) is 11.9 Å². The molecule has 0 bridgehead atoms. The van der Waals surface area contributed by atoms with Gasteiger partial charge in [0, 0.05) is 25.1 Å². The second-order valence-electron chi connectivity index (χ2n) is 5.79. The third-order valence-electron chi connectivity index (χ3n) is 3.84. The summed E-state index contributed by atoms with van der Waals surface area (Å²) in [6, 6.07) is 2.56. The molecule has 1 atom stereocenters. The van der Waals surface area contributed by atoms with E-state index in [1.54, 1.807) is 0 Å². The molecule has 1 heterocycles. The van der Waals surface area contributed by atoms with Crippen molar-refractivity contribution in [2.75, 3.05) is 17.7 Å². The molecule has 1 saturated carbocycles. The van der Waals surface area contributed by atoms with Gasteiger partial charge in [-0.25, -0.2) is 9.97 Å². The summed E-state index contributed by atoms with van der Waals surface area (Å²) >= 11 is 0. The maximum Gasteiger partial charge on any atom is 0.136 e. The molecule has 112 valence electrons. The predicted molar refractivity (Wildman–Crippen MR) is 85.4 cm³/mol. The SMILES string of the molecule is CCCCC(CCC)Nc1cc(NC)nc(C2CC2)n1. The van der Waals surface area contributed by atoms with E-state index in [9.17, 15) is 0 Å². The van der Waals surface area contributed by atoms with Crippen LogP contribution in [0.4, 0.5) is 11.6 Å². The second kappa shape index (κ2) is 7.46. The molecule has 0 aromatic carbocycles. The maximum absolute atomic E-state index is 4.71. The van der Waals surface area contributed by atoms with Gasteiger partial charge < -0.3 is 10.6 Å². The number of anilines is 2. The monoisotopic (exact) mass is 276 g/mol. The summed E-state index contributed by atoms with van der Waals surface area (Å²) in [5.74, 6) is 3.50. The Bertz CT molecular complexity index is 415. The highest BCUT2D eigenvalue weighted by Gasteiger charge is 2.27. The zero-order chi connectivity index (χ0) is 14.4. The molecule has 2 rings (SSSR count). The van der Waals surface area contributed by atoms with Gasteiger partial charge in [-0.15, -0.1) is 0 Å².